The molecule has 1 amide bonds. The lowest BCUT2D eigenvalue weighted by Crippen LogP contribution is -2.26. The summed E-state index contributed by atoms with van der Waals surface area (Å²) in [6.45, 7) is 0.482. The topological polar surface area (TPSA) is 81.4 Å². The van der Waals surface area contributed by atoms with Gasteiger partial charge in [-0.3, -0.25) is 9.59 Å². The summed E-state index contributed by atoms with van der Waals surface area (Å²) in [6.07, 6.45) is 0.910. The largest absolute Gasteiger partial charge is 0.469 e. The maximum Gasteiger partial charge on any atom is 0.305 e. The lowest BCUT2D eigenvalue weighted by atomic mass is 10.3. The zero-order valence-corrected chi connectivity index (χ0v) is 11.7. The first-order valence-corrected chi connectivity index (χ1v) is 6.92. The van der Waals surface area contributed by atoms with Crippen LogP contribution >= 0.6 is 11.8 Å². The number of nitrogen functional groups attached to an aromatic ring is 1. The molecule has 0 unspecified atom stereocenters. The number of hydrogen-bond acceptors (Lipinski definition) is 5. The number of methoxy groups -OCH3 is 1. The van der Waals surface area contributed by atoms with Gasteiger partial charge in [0.15, 0.2) is 0 Å². The van der Waals surface area contributed by atoms with Crippen LogP contribution in [-0.2, 0) is 14.3 Å². The Balaban J connectivity index is 2.14. The predicted octanol–water partition coefficient (Wildman–Crippen LogP) is 1.43. The molecule has 1 aromatic rings. The molecule has 0 spiro atoms. The third kappa shape index (κ3) is 6.71. The molecule has 0 aliphatic carbocycles. The van der Waals surface area contributed by atoms with Crippen LogP contribution in [0.5, 0.6) is 0 Å². The molecular weight excluding hydrogens is 264 g/mol. The average Bonchev–Trinajstić information content (AvgIpc) is 2.42. The average molecular weight is 282 g/mol. The van der Waals surface area contributed by atoms with Gasteiger partial charge < -0.3 is 15.8 Å². The van der Waals surface area contributed by atoms with Crippen LogP contribution in [0.25, 0.3) is 0 Å². The van der Waals surface area contributed by atoms with E-state index in [1.54, 1.807) is 12.1 Å². The molecule has 5 nitrogen and oxygen atoms in total. The summed E-state index contributed by atoms with van der Waals surface area (Å²) in [5.41, 5.74) is 6.28. The maximum absolute atomic E-state index is 11.5. The van der Waals surface area contributed by atoms with Crippen molar-refractivity contribution in [2.75, 3.05) is 25.1 Å². The number of carbonyl (C=O) groups excluding carboxylic acids is 2. The highest BCUT2D eigenvalue weighted by molar-refractivity contribution is 8.00. The van der Waals surface area contributed by atoms with Crippen LogP contribution in [0.4, 0.5) is 5.69 Å². The molecule has 104 valence electrons. The molecule has 6 heteroatoms. The van der Waals surface area contributed by atoms with Crippen molar-refractivity contribution in [2.45, 2.75) is 17.7 Å². The number of esters is 1. The molecule has 0 heterocycles. The Bertz CT molecular complexity index is 420. The molecule has 1 rings (SSSR count). The van der Waals surface area contributed by atoms with E-state index in [4.69, 9.17) is 5.73 Å². The minimum Gasteiger partial charge on any atom is -0.469 e. The van der Waals surface area contributed by atoms with Crippen molar-refractivity contribution in [3.05, 3.63) is 24.3 Å². The molecule has 0 fully saturated rings. The lowest BCUT2D eigenvalue weighted by molar-refractivity contribution is -0.140. The Kier molecular flexibility index (Phi) is 6.81. The second kappa shape index (κ2) is 8.42. The lowest BCUT2D eigenvalue weighted by Gasteiger charge is -2.05. The molecule has 0 atom stereocenters. The molecule has 0 bridgehead atoms. The fourth-order valence-electron chi connectivity index (χ4n) is 1.33. The van der Waals surface area contributed by atoms with Crippen LogP contribution in [0.2, 0.25) is 0 Å². The summed E-state index contributed by atoms with van der Waals surface area (Å²) < 4.78 is 4.51. The summed E-state index contributed by atoms with van der Waals surface area (Å²) in [5.74, 6) is 0.0412. The second-order valence-electron chi connectivity index (χ2n) is 3.89. The molecular formula is C13H18N2O3S. The van der Waals surface area contributed by atoms with Crippen molar-refractivity contribution in [2.24, 2.45) is 0 Å². The van der Waals surface area contributed by atoms with Crippen LogP contribution in [0.3, 0.4) is 0 Å². The molecule has 3 N–H and O–H groups in total. The van der Waals surface area contributed by atoms with Gasteiger partial charge in [-0.25, -0.2) is 0 Å². The molecule has 0 aromatic heterocycles. The number of hydrogen-bond donors (Lipinski definition) is 2. The van der Waals surface area contributed by atoms with Gasteiger partial charge in [-0.2, -0.15) is 0 Å². The van der Waals surface area contributed by atoms with Gasteiger partial charge in [0.1, 0.15) is 0 Å². The van der Waals surface area contributed by atoms with E-state index in [0.29, 0.717) is 30.8 Å². The number of nitrogens with two attached hydrogens (primary N) is 1. The van der Waals surface area contributed by atoms with Crippen molar-refractivity contribution in [3.63, 3.8) is 0 Å². The SMILES string of the molecule is COC(=O)CCCNC(=O)CSc1ccc(N)cc1. The van der Waals surface area contributed by atoms with Gasteiger partial charge in [0.25, 0.3) is 0 Å². The van der Waals surface area contributed by atoms with Gasteiger partial charge in [0, 0.05) is 23.5 Å². The van der Waals surface area contributed by atoms with E-state index < -0.39 is 0 Å². The minimum absolute atomic E-state index is 0.0494. The molecule has 0 radical (unpaired) electrons. The number of thioether (sulfide) groups is 1. The van der Waals surface area contributed by atoms with Gasteiger partial charge >= 0.3 is 5.97 Å². The van der Waals surface area contributed by atoms with Crippen molar-refractivity contribution in [1.29, 1.82) is 0 Å². The number of amides is 1. The van der Waals surface area contributed by atoms with Crippen molar-refractivity contribution < 1.29 is 14.3 Å². The smallest absolute Gasteiger partial charge is 0.305 e. The highest BCUT2D eigenvalue weighted by Crippen LogP contribution is 2.18. The van der Waals surface area contributed by atoms with Crippen molar-refractivity contribution in [3.8, 4) is 0 Å². The third-order valence-electron chi connectivity index (χ3n) is 2.36. The number of carbonyl (C=O) groups is 2. The molecule has 0 saturated carbocycles. The molecule has 0 saturated heterocycles. The van der Waals surface area contributed by atoms with Crippen LogP contribution < -0.4 is 11.1 Å². The van der Waals surface area contributed by atoms with Crippen molar-refractivity contribution >= 4 is 29.3 Å². The van der Waals surface area contributed by atoms with E-state index >= 15 is 0 Å². The number of nitrogens with one attached hydrogen (secondary N) is 1. The first-order chi connectivity index (χ1) is 9.11. The highest BCUT2D eigenvalue weighted by Gasteiger charge is 2.04. The second-order valence-corrected chi connectivity index (χ2v) is 4.94. The van der Waals surface area contributed by atoms with E-state index in [0.717, 1.165) is 4.90 Å². The summed E-state index contributed by atoms with van der Waals surface area (Å²) in [5, 5.41) is 2.75. The van der Waals surface area contributed by atoms with Crippen molar-refractivity contribution in [1.82, 2.24) is 5.32 Å². The predicted molar refractivity (Wildman–Crippen MR) is 75.8 cm³/mol. The zero-order valence-electron chi connectivity index (χ0n) is 10.8. The first-order valence-electron chi connectivity index (χ1n) is 5.93. The zero-order chi connectivity index (χ0) is 14.1. The van der Waals surface area contributed by atoms with Crippen LogP contribution in [-0.4, -0.2) is 31.3 Å². The number of benzene rings is 1. The summed E-state index contributed by atoms with van der Waals surface area (Å²) in [6, 6.07) is 7.36. The van der Waals surface area contributed by atoms with Gasteiger partial charge in [-0.1, -0.05) is 0 Å². The van der Waals surface area contributed by atoms with E-state index in [1.807, 2.05) is 12.1 Å². The van der Waals surface area contributed by atoms with E-state index in [-0.39, 0.29) is 11.9 Å². The van der Waals surface area contributed by atoms with Crippen LogP contribution in [0.1, 0.15) is 12.8 Å². The van der Waals surface area contributed by atoms with Gasteiger partial charge in [-0.15, -0.1) is 11.8 Å². The Morgan fingerprint density at radius 3 is 2.63 bits per heavy atom. The standard InChI is InChI=1S/C13H18N2O3S/c1-18-13(17)3-2-8-15-12(16)9-19-11-6-4-10(14)5-7-11/h4-7H,2-3,8-9,14H2,1H3,(H,15,16). The summed E-state index contributed by atoms with van der Waals surface area (Å²) >= 11 is 1.45. The quantitative estimate of drug-likeness (QED) is 0.342. The Labute approximate surface area is 116 Å². The Morgan fingerprint density at radius 2 is 2.00 bits per heavy atom. The fraction of sp³-hybridized carbons (Fsp3) is 0.385. The van der Waals surface area contributed by atoms with Crippen LogP contribution in [0.15, 0.2) is 29.2 Å². The highest BCUT2D eigenvalue weighted by atomic mass is 32.2. The van der Waals surface area contributed by atoms with Gasteiger partial charge in [0.2, 0.25) is 5.91 Å². The van der Waals surface area contributed by atoms with Crippen LogP contribution in [0, 0.1) is 0 Å². The number of rotatable bonds is 7. The number of ether oxygens (including phenoxy) is 1. The normalized spacial score (nSPS) is 9.95. The van der Waals surface area contributed by atoms with Gasteiger partial charge in [-0.05, 0) is 30.7 Å². The third-order valence-corrected chi connectivity index (χ3v) is 3.37. The fourth-order valence-corrected chi connectivity index (χ4v) is 2.05. The molecule has 0 aliphatic rings. The monoisotopic (exact) mass is 282 g/mol. The molecule has 19 heavy (non-hydrogen) atoms. The number of anilines is 1. The van der Waals surface area contributed by atoms with E-state index in [9.17, 15) is 9.59 Å². The van der Waals surface area contributed by atoms with E-state index in [2.05, 4.69) is 10.1 Å². The van der Waals surface area contributed by atoms with E-state index in [1.165, 1.54) is 18.9 Å². The summed E-state index contributed by atoms with van der Waals surface area (Å²) in [7, 11) is 1.35. The minimum atomic E-state index is -0.259. The Morgan fingerprint density at radius 1 is 1.32 bits per heavy atom. The maximum atomic E-state index is 11.5. The Hall–Kier alpha value is -1.69. The van der Waals surface area contributed by atoms with Gasteiger partial charge in [0.05, 0.1) is 12.9 Å². The molecule has 0 aliphatic heterocycles. The first kappa shape index (κ1) is 15.4. The molecule has 1 aromatic carbocycles. The summed E-state index contributed by atoms with van der Waals surface area (Å²) in [4.78, 5) is 23.4.